The highest BCUT2D eigenvalue weighted by Crippen LogP contribution is 2.44. The number of rotatable bonds is 3. The van der Waals surface area contributed by atoms with E-state index in [4.69, 9.17) is 10.5 Å². The summed E-state index contributed by atoms with van der Waals surface area (Å²) in [4.78, 5) is 12.4. The Morgan fingerprint density at radius 1 is 1.37 bits per heavy atom. The lowest BCUT2D eigenvalue weighted by atomic mass is 9.95. The zero-order chi connectivity index (χ0) is 13.4. The smallest absolute Gasteiger partial charge is 0.255 e. The zero-order valence-electron chi connectivity index (χ0n) is 11.2. The molecule has 0 saturated heterocycles. The molecule has 0 aromatic heterocycles. The summed E-state index contributed by atoms with van der Waals surface area (Å²) in [5.74, 6) is 1.89. The number of amides is 1. The molecule has 1 aromatic rings. The number of ether oxygens (including phenoxy) is 1. The molecule has 2 fully saturated rings. The van der Waals surface area contributed by atoms with E-state index in [1.807, 2.05) is 0 Å². The second kappa shape index (κ2) is 4.76. The summed E-state index contributed by atoms with van der Waals surface area (Å²) < 4.78 is 5.24. The molecule has 1 aromatic carbocycles. The summed E-state index contributed by atoms with van der Waals surface area (Å²) in [6.07, 6.45) is 4.99. The first-order valence-electron chi connectivity index (χ1n) is 6.92. The first kappa shape index (κ1) is 12.3. The Hall–Kier alpha value is -1.71. The van der Waals surface area contributed by atoms with Crippen LogP contribution in [0.25, 0.3) is 0 Å². The average Bonchev–Trinajstić information content (AvgIpc) is 3.00. The number of fused-ring (bicyclic) bond motifs is 2. The fourth-order valence-electron chi connectivity index (χ4n) is 3.63. The quantitative estimate of drug-likeness (QED) is 0.819. The van der Waals surface area contributed by atoms with Crippen LogP contribution in [0.15, 0.2) is 18.2 Å². The molecule has 1 amide bonds. The molecule has 3 rings (SSSR count). The lowest BCUT2D eigenvalue weighted by Gasteiger charge is -2.23. The number of nitrogens with one attached hydrogen (secondary N) is 1. The molecule has 4 nitrogen and oxygen atoms in total. The highest BCUT2D eigenvalue weighted by molar-refractivity contribution is 5.98. The monoisotopic (exact) mass is 260 g/mol. The van der Waals surface area contributed by atoms with Gasteiger partial charge in [0.25, 0.3) is 5.91 Å². The molecule has 3 N–H and O–H groups in total. The van der Waals surface area contributed by atoms with Crippen LogP contribution in [0.4, 0.5) is 5.69 Å². The molecule has 2 aliphatic rings. The number of nitrogen functional groups attached to an aromatic ring is 1. The Bertz CT molecular complexity index is 501. The summed E-state index contributed by atoms with van der Waals surface area (Å²) in [5, 5.41) is 3.15. The third-order valence-electron chi connectivity index (χ3n) is 4.55. The van der Waals surface area contributed by atoms with Crippen LogP contribution in [0.2, 0.25) is 0 Å². The average molecular weight is 260 g/mol. The number of methoxy groups -OCH3 is 1. The Labute approximate surface area is 113 Å². The minimum atomic E-state index is -0.0679. The van der Waals surface area contributed by atoms with Crippen LogP contribution >= 0.6 is 0 Å². The predicted octanol–water partition coefficient (Wildman–Crippen LogP) is 2.20. The molecular weight excluding hydrogens is 240 g/mol. The lowest BCUT2D eigenvalue weighted by Crippen LogP contribution is -2.38. The van der Waals surface area contributed by atoms with Crippen molar-refractivity contribution in [1.82, 2.24) is 5.32 Å². The molecule has 0 aliphatic heterocycles. The normalized spacial score (nSPS) is 28.4. The molecule has 3 unspecified atom stereocenters. The largest absolute Gasteiger partial charge is 0.494 e. The van der Waals surface area contributed by atoms with Crippen molar-refractivity contribution in [1.29, 1.82) is 0 Å². The van der Waals surface area contributed by atoms with E-state index in [9.17, 15) is 4.79 Å². The van der Waals surface area contributed by atoms with Crippen molar-refractivity contribution in [2.24, 2.45) is 11.8 Å². The van der Waals surface area contributed by atoms with Crippen LogP contribution in [0, 0.1) is 11.8 Å². The van der Waals surface area contributed by atoms with Gasteiger partial charge in [-0.15, -0.1) is 0 Å². The van der Waals surface area contributed by atoms with Crippen molar-refractivity contribution < 1.29 is 9.53 Å². The number of carbonyl (C=O) groups is 1. The van der Waals surface area contributed by atoms with Gasteiger partial charge in [0.05, 0.1) is 18.4 Å². The summed E-state index contributed by atoms with van der Waals surface area (Å²) >= 11 is 0. The lowest BCUT2D eigenvalue weighted by molar-refractivity contribution is 0.0920. The molecule has 4 heteroatoms. The standard InChI is InChI=1S/C15H20N2O2/c1-19-14-11(3-2-4-12(14)16)15(18)17-13-8-9-5-6-10(13)7-9/h2-4,9-10,13H,5-8,16H2,1H3,(H,17,18). The van der Waals surface area contributed by atoms with E-state index in [0.717, 1.165) is 12.3 Å². The van der Waals surface area contributed by atoms with Crippen LogP contribution < -0.4 is 15.8 Å². The molecule has 2 bridgehead atoms. The maximum Gasteiger partial charge on any atom is 0.255 e. The number of para-hydroxylation sites is 1. The maximum atomic E-state index is 12.4. The summed E-state index contributed by atoms with van der Waals surface area (Å²) in [6.45, 7) is 0. The third-order valence-corrected chi connectivity index (χ3v) is 4.55. The van der Waals surface area contributed by atoms with Crippen molar-refractivity contribution in [2.75, 3.05) is 12.8 Å². The molecule has 2 saturated carbocycles. The fraction of sp³-hybridized carbons (Fsp3) is 0.533. The van der Waals surface area contributed by atoms with E-state index < -0.39 is 0 Å². The van der Waals surface area contributed by atoms with E-state index in [1.54, 1.807) is 25.3 Å². The van der Waals surface area contributed by atoms with E-state index in [1.165, 1.54) is 19.3 Å². The first-order valence-corrected chi connectivity index (χ1v) is 6.92. The number of nitrogens with two attached hydrogens (primary N) is 1. The SMILES string of the molecule is COc1c(N)cccc1C(=O)NC1CC2CCC1C2. The minimum Gasteiger partial charge on any atom is -0.494 e. The molecule has 0 heterocycles. The van der Waals surface area contributed by atoms with Crippen molar-refractivity contribution in [3.63, 3.8) is 0 Å². The minimum absolute atomic E-state index is 0.0679. The second-order valence-corrected chi connectivity index (χ2v) is 5.68. The van der Waals surface area contributed by atoms with E-state index >= 15 is 0 Å². The molecular formula is C15H20N2O2. The van der Waals surface area contributed by atoms with Crippen molar-refractivity contribution in [2.45, 2.75) is 31.7 Å². The fourth-order valence-corrected chi connectivity index (χ4v) is 3.63. The van der Waals surface area contributed by atoms with Gasteiger partial charge in [0, 0.05) is 6.04 Å². The van der Waals surface area contributed by atoms with Gasteiger partial charge in [0.1, 0.15) is 0 Å². The van der Waals surface area contributed by atoms with Crippen LogP contribution in [0.3, 0.4) is 0 Å². The van der Waals surface area contributed by atoms with Crippen LogP contribution in [-0.4, -0.2) is 19.1 Å². The molecule has 2 aliphatic carbocycles. The zero-order valence-corrected chi connectivity index (χ0v) is 11.2. The van der Waals surface area contributed by atoms with Gasteiger partial charge in [0.15, 0.2) is 5.75 Å². The van der Waals surface area contributed by atoms with Gasteiger partial charge in [-0.25, -0.2) is 0 Å². The van der Waals surface area contributed by atoms with Crippen molar-refractivity contribution in [3.8, 4) is 5.75 Å². The highest BCUT2D eigenvalue weighted by Gasteiger charge is 2.40. The second-order valence-electron chi connectivity index (χ2n) is 5.68. The Kier molecular flexibility index (Phi) is 3.09. The van der Waals surface area contributed by atoms with E-state index in [-0.39, 0.29) is 5.91 Å². The first-order chi connectivity index (χ1) is 9.19. The number of hydrogen-bond donors (Lipinski definition) is 2. The Balaban J connectivity index is 1.76. The van der Waals surface area contributed by atoms with Gasteiger partial charge in [-0.3, -0.25) is 4.79 Å². The summed E-state index contributed by atoms with van der Waals surface area (Å²) in [7, 11) is 1.54. The van der Waals surface area contributed by atoms with Crippen LogP contribution in [0.5, 0.6) is 5.75 Å². The molecule has 3 atom stereocenters. The van der Waals surface area contributed by atoms with Gasteiger partial charge in [-0.1, -0.05) is 12.5 Å². The molecule has 0 spiro atoms. The molecule has 102 valence electrons. The number of benzene rings is 1. The highest BCUT2D eigenvalue weighted by atomic mass is 16.5. The van der Waals surface area contributed by atoms with Gasteiger partial charge in [0.2, 0.25) is 0 Å². The Morgan fingerprint density at radius 2 is 2.21 bits per heavy atom. The van der Waals surface area contributed by atoms with E-state index in [2.05, 4.69) is 5.32 Å². The third kappa shape index (κ3) is 2.15. The number of carbonyl (C=O) groups excluding carboxylic acids is 1. The van der Waals surface area contributed by atoms with Crippen molar-refractivity contribution >= 4 is 11.6 Å². The van der Waals surface area contributed by atoms with Gasteiger partial charge in [-0.05, 0) is 43.2 Å². The van der Waals surface area contributed by atoms with Gasteiger partial charge in [-0.2, -0.15) is 0 Å². The van der Waals surface area contributed by atoms with E-state index in [0.29, 0.717) is 29.0 Å². The number of anilines is 1. The maximum absolute atomic E-state index is 12.4. The van der Waals surface area contributed by atoms with Gasteiger partial charge >= 0.3 is 0 Å². The Morgan fingerprint density at radius 3 is 2.84 bits per heavy atom. The molecule has 19 heavy (non-hydrogen) atoms. The van der Waals surface area contributed by atoms with Crippen LogP contribution in [0.1, 0.15) is 36.0 Å². The van der Waals surface area contributed by atoms with Crippen molar-refractivity contribution in [3.05, 3.63) is 23.8 Å². The van der Waals surface area contributed by atoms with Gasteiger partial charge < -0.3 is 15.8 Å². The predicted molar refractivity (Wildman–Crippen MR) is 74.1 cm³/mol. The summed E-state index contributed by atoms with van der Waals surface area (Å²) in [6, 6.07) is 5.62. The number of hydrogen-bond acceptors (Lipinski definition) is 3. The molecule has 0 radical (unpaired) electrons. The summed E-state index contributed by atoms with van der Waals surface area (Å²) in [5.41, 5.74) is 6.87. The van der Waals surface area contributed by atoms with Crippen LogP contribution in [-0.2, 0) is 0 Å². The topological polar surface area (TPSA) is 64.3 Å².